The second-order valence-corrected chi connectivity index (χ2v) is 6.13. The number of benzene rings is 3. The fourth-order valence-corrected chi connectivity index (χ4v) is 2.92. The number of nitrogens with zero attached hydrogens (tertiary/aromatic N) is 2. The van der Waals surface area contributed by atoms with Gasteiger partial charge in [-0.15, -0.1) is 5.10 Å². The molecule has 6 nitrogen and oxygen atoms in total. The Morgan fingerprint density at radius 2 is 1.88 bits per heavy atom. The molecule has 0 atom stereocenters. The number of nitrogens with one attached hydrogen (secondary N) is 2. The fourth-order valence-electron chi connectivity index (χ4n) is 2.69. The van der Waals surface area contributed by atoms with Gasteiger partial charge in [0.2, 0.25) is 11.9 Å². The second-order valence-electron chi connectivity index (χ2n) is 5.72. The van der Waals surface area contributed by atoms with Crippen LogP contribution < -0.4 is 15.8 Å². The molecule has 0 saturated carbocycles. The fraction of sp³-hybridized carbons (Fsp3) is 0.0526. The molecule has 0 aliphatic rings. The largest absolute Gasteiger partial charge is 0.457 e. The summed E-state index contributed by atoms with van der Waals surface area (Å²) < 4.78 is 6.10. The van der Waals surface area contributed by atoms with Gasteiger partial charge in [-0.25, -0.2) is 5.10 Å². The molecule has 0 aliphatic heterocycles. The summed E-state index contributed by atoms with van der Waals surface area (Å²) in [6, 6.07) is 19.7. The highest BCUT2D eigenvalue weighted by atomic mass is 35.5. The minimum absolute atomic E-state index is 0.180. The molecule has 0 fully saturated rings. The Bertz CT molecular complexity index is 1060. The number of anilines is 2. The van der Waals surface area contributed by atoms with Gasteiger partial charge in [0.25, 0.3) is 0 Å². The van der Waals surface area contributed by atoms with Gasteiger partial charge < -0.3 is 15.8 Å². The van der Waals surface area contributed by atoms with Gasteiger partial charge in [-0.1, -0.05) is 48.0 Å². The maximum atomic E-state index is 6.37. The van der Waals surface area contributed by atoms with Gasteiger partial charge >= 0.3 is 0 Å². The molecule has 0 aliphatic carbocycles. The number of hydrogen-bond donors (Lipinski definition) is 3. The number of fused-ring (bicyclic) bond motifs is 1. The number of hydrogen-bond acceptors (Lipinski definition) is 5. The lowest BCUT2D eigenvalue weighted by atomic mass is 10.1. The smallest absolute Gasteiger partial charge is 0.241 e. The van der Waals surface area contributed by atoms with E-state index >= 15 is 0 Å². The monoisotopic (exact) mass is 365 g/mol. The van der Waals surface area contributed by atoms with Crippen LogP contribution in [0.1, 0.15) is 5.56 Å². The van der Waals surface area contributed by atoms with Crippen LogP contribution in [0.3, 0.4) is 0 Å². The zero-order valence-corrected chi connectivity index (χ0v) is 14.5. The first kappa shape index (κ1) is 16.2. The predicted molar refractivity (Wildman–Crippen MR) is 104 cm³/mol. The topological polar surface area (TPSA) is 88.8 Å². The molecule has 3 aromatic carbocycles. The molecule has 0 unspecified atom stereocenters. The number of ether oxygens (including phenoxy) is 1. The summed E-state index contributed by atoms with van der Waals surface area (Å²) in [6.45, 7) is 0.414. The van der Waals surface area contributed by atoms with Crippen LogP contribution in [0.5, 0.6) is 11.5 Å². The molecular formula is C19H16ClN5O. The predicted octanol–water partition coefficient (Wildman–Crippen LogP) is 4.60. The number of nitrogen functional groups attached to an aromatic ring is 1. The number of nitrogens with two attached hydrogens (primary N) is 1. The molecule has 4 aromatic rings. The van der Waals surface area contributed by atoms with Crippen LogP contribution in [0.25, 0.3) is 10.8 Å². The van der Waals surface area contributed by atoms with E-state index < -0.39 is 0 Å². The van der Waals surface area contributed by atoms with Crippen molar-refractivity contribution in [1.82, 2.24) is 15.2 Å². The van der Waals surface area contributed by atoms with E-state index in [4.69, 9.17) is 22.1 Å². The second kappa shape index (κ2) is 6.93. The standard InChI is InChI=1S/C19H16ClN5O/c20-16-6-3-7-17(15(16)11-22-19-23-18(21)24-25-19)26-14-9-8-12-4-1-2-5-13(12)10-14/h1-10H,11H2,(H4,21,22,23,24,25). The Morgan fingerprint density at radius 3 is 2.69 bits per heavy atom. The van der Waals surface area contributed by atoms with Crippen LogP contribution in [0.2, 0.25) is 5.02 Å². The quantitative estimate of drug-likeness (QED) is 0.481. The average Bonchev–Trinajstić information content (AvgIpc) is 3.06. The molecule has 130 valence electrons. The lowest BCUT2D eigenvalue weighted by Crippen LogP contribution is -2.03. The van der Waals surface area contributed by atoms with Crippen molar-refractivity contribution < 1.29 is 4.74 Å². The summed E-state index contributed by atoms with van der Waals surface area (Å²) in [6.07, 6.45) is 0. The molecule has 0 amide bonds. The van der Waals surface area contributed by atoms with E-state index in [0.717, 1.165) is 22.1 Å². The number of aromatic nitrogens is 3. The molecule has 0 radical (unpaired) electrons. The average molecular weight is 366 g/mol. The lowest BCUT2D eigenvalue weighted by molar-refractivity contribution is 0.478. The van der Waals surface area contributed by atoms with Crippen molar-refractivity contribution in [3.05, 3.63) is 71.2 Å². The molecule has 0 saturated heterocycles. The highest BCUT2D eigenvalue weighted by molar-refractivity contribution is 6.31. The number of halogens is 1. The first-order valence-electron chi connectivity index (χ1n) is 8.05. The van der Waals surface area contributed by atoms with Gasteiger partial charge in [0.1, 0.15) is 11.5 Å². The minimum atomic E-state index is 0.180. The van der Waals surface area contributed by atoms with Crippen LogP contribution >= 0.6 is 11.6 Å². The van der Waals surface area contributed by atoms with Crippen molar-refractivity contribution in [3.8, 4) is 11.5 Å². The van der Waals surface area contributed by atoms with Gasteiger partial charge in [-0.05, 0) is 35.0 Å². The van der Waals surface area contributed by atoms with Crippen LogP contribution in [-0.2, 0) is 6.54 Å². The van der Waals surface area contributed by atoms with E-state index in [1.807, 2.05) is 48.5 Å². The zero-order chi connectivity index (χ0) is 17.9. The number of aromatic amines is 1. The van der Waals surface area contributed by atoms with E-state index in [-0.39, 0.29) is 5.95 Å². The maximum absolute atomic E-state index is 6.37. The molecular weight excluding hydrogens is 350 g/mol. The number of rotatable bonds is 5. The van der Waals surface area contributed by atoms with Gasteiger partial charge in [-0.3, -0.25) is 0 Å². The Balaban J connectivity index is 1.60. The lowest BCUT2D eigenvalue weighted by Gasteiger charge is -2.13. The van der Waals surface area contributed by atoms with Crippen molar-refractivity contribution in [2.24, 2.45) is 0 Å². The Kier molecular flexibility index (Phi) is 4.33. The summed E-state index contributed by atoms with van der Waals surface area (Å²) in [5.41, 5.74) is 6.33. The van der Waals surface area contributed by atoms with Crippen LogP contribution in [0, 0.1) is 0 Å². The van der Waals surface area contributed by atoms with Crippen LogP contribution in [-0.4, -0.2) is 15.2 Å². The van der Waals surface area contributed by atoms with E-state index in [2.05, 4.69) is 32.6 Å². The normalized spacial score (nSPS) is 10.8. The summed E-state index contributed by atoms with van der Waals surface area (Å²) in [5, 5.41) is 12.5. The van der Waals surface area contributed by atoms with Gasteiger partial charge in [-0.2, -0.15) is 4.98 Å². The SMILES string of the molecule is Nc1n[nH]c(NCc2c(Cl)cccc2Oc2ccc3ccccc3c2)n1. The van der Waals surface area contributed by atoms with Gasteiger partial charge in [0.15, 0.2) is 0 Å². The molecule has 7 heteroatoms. The Hall–Kier alpha value is -3.25. The van der Waals surface area contributed by atoms with Gasteiger partial charge in [0.05, 0.1) is 0 Å². The van der Waals surface area contributed by atoms with Crippen molar-refractivity contribution >= 4 is 34.3 Å². The summed E-state index contributed by atoms with van der Waals surface area (Å²) >= 11 is 6.37. The molecule has 0 bridgehead atoms. The van der Waals surface area contributed by atoms with E-state index in [1.165, 1.54) is 0 Å². The Labute approximate surface area is 155 Å². The minimum Gasteiger partial charge on any atom is -0.457 e. The van der Waals surface area contributed by atoms with Crippen molar-refractivity contribution in [1.29, 1.82) is 0 Å². The molecule has 0 spiro atoms. The van der Waals surface area contributed by atoms with Crippen molar-refractivity contribution in [2.45, 2.75) is 6.54 Å². The third-order valence-corrected chi connectivity index (χ3v) is 4.31. The van der Waals surface area contributed by atoms with Crippen LogP contribution in [0.15, 0.2) is 60.7 Å². The summed E-state index contributed by atoms with van der Waals surface area (Å²) in [7, 11) is 0. The highest BCUT2D eigenvalue weighted by Gasteiger charge is 2.11. The third-order valence-electron chi connectivity index (χ3n) is 3.96. The summed E-state index contributed by atoms with van der Waals surface area (Å²) in [4.78, 5) is 4.02. The molecule has 26 heavy (non-hydrogen) atoms. The van der Waals surface area contributed by atoms with Crippen molar-refractivity contribution in [3.63, 3.8) is 0 Å². The molecule has 4 rings (SSSR count). The molecule has 1 heterocycles. The highest BCUT2D eigenvalue weighted by Crippen LogP contribution is 2.32. The summed E-state index contributed by atoms with van der Waals surface area (Å²) in [5.74, 6) is 2.07. The van der Waals surface area contributed by atoms with Crippen LogP contribution in [0.4, 0.5) is 11.9 Å². The van der Waals surface area contributed by atoms with E-state index in [1.54, 1.807) is 0 Å². The first-order chi connectivity index (χ1) is 12.7. The number of H-pyrrole nitrogens is 1. The first-order valence-corrected chi connectivity index (χ1v) is 8.42. The van der Waals surface area contributed by atoms with Crippen molar-refractivity contribution in [2.75, 3.05) is 11.1 Å². The molecule has 4 N–H and O–H groups in total. The van der Waals surface area contributed by atoms with E-state index in [0.29, 0.717) is 23.3 Å². The zero-order valence-electron chi connectivity index (χ0n) is 13.7. The van der Waals surface area contributed by atoms with E-state index in [9.17, 15) is 0 Å². The third kappa shape index (κ3) is 3.41. The Morgan fingerprint density at radius 1 is 1.04 bits per heavy atom. The molecule has 1 aromatic heterocycles. The van der Waals surface area contributed by atoms with Gasteiger partial charge in [0, 0.05) is 17.1 Å². The maximum Gasteiger partial charge on any atom is 0.241 e.